The molecule has 0 nitrogen and oxygen atoms in total. The zero-order valence-electron chi connectivity index (χ0n) is 24.5. The molecule has 1 unspecified atom stereocenters. The number of hydrogen-bond donors (Lipinski definition) is 1. The van der Waals surface area contributed by atoms with Crippen molar-refractivity contribution < 1.29 is 0 Å². The van der Waals surface area contributed by atoms with Crippen LogP contribution in [0.2, 0.25) is 0 Å². The van der Waals surface area contributed by atoms with Crippen molar-refractivity contribution in [2.45, 2.75) is 112 Å². The third-order valence-corrected chi connectivity index (χ3v) is 5.79. The standard InChI is InChI=1S/C21H28.C6H12.C5H10S.C2H6/c1-5-7-17-9-13-19(14-10-17)21(3,4)20-15-11-18(8-6-2)12-16-20;1-4-5-6(2)3;1-3-4-5(2)6;1-2/h9-16H,5-8H2,1-4H3;4,6H,1,5H2,2-3H3;3,5-6H,1,4H2,2H3;1-2H3. The van der Waals surface area contributed by atoms with E-state index in [2.05, 4.69) is 116 Å². The van der Waals surface area contributed by atoms with Gasteiger partial charge < -0.3 is 0 Å². The second-order valence-electron chi connectivity index (χ2n) is 9.81. The predicted molar refractivity (Wildman–Crippen MR) is 167 cm³/mol. The average Bonchev–Trinajstić information content (AvgIpc) is 2.82. The summed E-state index contributed by atoms with van der Waals surface area (Å²) in [5, 5.41) is 0.475. The molecule has 0 saturated carbocycles. The highest BCUT2D eigenvalue weighted by Crippen LogP contribution is 2.32. The lowest BCUT2D eigenvalue weighted by molar-refractivity contribution is 0.640. The van der Waals surface area contributed by atoms with Crippen molar-refractivity contribution in [2.75, 3.05) is 0 Å². The third kappa shape index (κ3) is 16.5. The Morgan fingerprint density at radius 3 is 1.23 bits per heavy atom. The molecule has 1 heteroatoms. The zero-order valence-corrected chi connectivity index (χ0v) is 25.4. The quantitative estimate of drug-likeness (QED) is 0.245. The summed E-state index contributed by atoms with van der Waals surface area (Å²) in [7, 11) is 0. The van der Waals surface area contributed by atoms with E-state index in [1.807, 2.05) is 32.9 Å². The van der Waals surface area contributed by atoms with Crippen LogP contribution in [0.1, 0.15) is 110 Å². The molecule has 0 radical (unpaired) electrons. The van der Waals surface area contributed by atoms with Crippen molar-refractivity contribution in [1.29, 1.82) is 0 Å². The average molecular weight is 497 g/mol. The molecule has 0 aliphatic carbocycles. The normalized spacial score (nSPS) is 11.1. The van der Waals surface area contributed by atoms with Crippen LogP contribution in [0.3, 0.4) is 0 Å². The first-order valence-electron chi connectivity index (χ1n) is 13.7. The summed E-state index contributed by atoms with van der Waals surface area (Å²) in [6.45, 7) is 26.7. The predicted octanol–water partition coefficient (Wildman–Crippen LogP) is 11.0. The van der Waals surface area contributed by atoms with Gasteiger partial charge in [-0.25, -0.2) is 0 Å². The van der Waals surface area contributed by atoms with Gasteiger partial charge in [-0.3, -0.25) is 0 Å². The van der Waals surface area contributed by atoms with Crippen molar-refractivity contribution in [3.63, 3.8) is 0 Å². The number of thiol groups is 1. The summed E-state index contributed by atoms with van der Waals surface area (Å²) < 4.78 is 0. The Kier molecular flexibility index (Phi) is 21.8. The molecule has 2 aromatic rings. The lowest BCUT2D eigenvalue weighted by Crippen LogP contribution is -2.18. The van der Waals surface area contributed by atoms with E-state index >= 15 is 0 Å². The zero-order chi connectivity index (χ0) is 27.3. The largest absolute Gasteiger partial charge is 0.176 e. The minimum absolute atomic E-state index is 0.0650. The molecular weight excluding hydrogens is 440 g/mol. The molecule has 0 amide bonds. The van der Waals surface area contributed by atoms with Gasteiger partial charge in [-0.1, -0.05) is 136 Å². The van der Waals surface area contributed by atoms with Gasteiger partial charge in [0.1, 0.15) is 0 Å². The summed E-state index contributed by atoms with van der Waals surface area (Å²) in [5.74, 6) is 0.780. The molecule has 198 valence electrons. The first kappa shape index (κ1) is 35.4. The monoisotopic (exact) mass is 496 g/mol. The lowest BCUT2D eigenvalue weighted by atomic mass is 9.77. The van der Waals surface area contributed by atoms with Crippen molar-refractivity contribution in [3.8, 4) is 0 Å². The first-order valence-corrected chi connectivity index (χ1v) is 14.2. The van der Waals surface area contributed by atoms with Crippen LogP contribution in [0.4, 0.5) is 0 Å². The Morgan fingerprint density at radius 2 is 1.06 bits per heavy atom. The van der Waals surface area contributed by atoms with E-state index in [1.165, 1.54) is 47.9 Å². The Morgan fingerprint density at radius 1 is 0.714 bits per heavy atom. The molecule has 0 spiro atoms. The number of aryl methyl sites for hydroxylation is 2. The fourth-order valence-corrected chi connectivity index (χ4v) is 3.64. The third-order valence-electron chi connectivity index (χ3n) is 5.57. The molecule has 0 aliphatic rings. The fourth-order valence-electron chi connectivity index (χ4n) is 3.49. The van der Waals surface area contributed by atoms with Gasteiger partial charge in [0, 0.05) is 10.7 Å². The molecule has 0 aromatic heterocycles. The highest BCUT2D eigenvalue weighted by molar-refractivity contribution is 7.80. The Labute approximate surface area is 225 Å². The molecule has 0 saturated heterocycles. The van der Waals surface area contributed by atoms with Crippen LogP contribution in [0.15, 0.2) is 73.8 Å². The molecule has 0 aliphatic heterocycles. The van der Waals surface area contributed by atoms with E-state index in [0.717, 1.165) is 18.8 Å². The minimum atomic E-state index is 0.0650. The summed E-state index contributed by atoms with van der Waals surface area (Å²) in [6.07, 6.45) is 10.7. The van der Waals surface area contributed by atoms with E-state index in [-0.39, 0.29) is 5.41 Å². The van der Waals surface area contributed by atoms with Gasteiger partial charge in [-0.05, 0) is 53.9 Å². The van der Waals surface area contributed by atoms with Crippen LogP contribution in [0, 0.1) is 5.92 Å². The number of benzene rings is 2. The van der Waals surface area contributed by atoms with E-state index in [4.69, 9.17) is 0 Å². The van der Waals surface area contributed by atoms with Crippen LogP contribution in [0.5, 0.6) is 0 Å². The van der Waals surface area contributed by atoms with Crippen molar-refractivity contribution in [1.82, 2.24) is 0 Å². The van der Waals surface area contributed by atoms with E-state index in [9.17, 15) is 0 Å². The van der Waals surface area contributed by atoms with Gasteiger partial charge in [-0.15, -0.1) is 13.2 Å². The molecular formula is C34H56S. The maximum atomic E-state index is 4.11. The minimum Gasteiger partial charge on any atom is -0.176 e. The van der Waals surface area contributed by atoms with Crippen LogP contribution in [-0.4, -0.2) is 5.25 Å². The summed E-state index contributed by atoms with van der Waals surface area (Å²) in [4.78, 5) is 0. The van der Waals surface area contributed by atoms with Crippen LogP contribution >= 0.6 is 12.6 Å². The Balaban J connectivity index is 0. The van der Waals surface area contributed by atoms with Gasteiger partial charge in [-0.2, -0.15) is 12.6 Å². The van der Waals surface area contributed by atoms with Gasteiger partial charge in [0.2, 0.25) is 0 Å². The molecule has 1 atom stereocenters. The maximum absolute atomic E-state index is 4.11. The first-order chi connectivity index (χ1) is 16.6. The molecule has 2 rings (SSSR count). The van der Waals surface area contributed by atoms with E-state index in [0.29, 0.717) is 5.25 Å². The van der Waals surface area contributed by atoms with Crippen molar-refractivity contribution >= 4 is 12.6 Å². The Hall–Kier alpha value is -1.73. The smallest absolute Gasteiger partial charge is 0.0146 e. The Bertz CT molecular complexity index is 683. The second-order valence-corrected chi connectivity index (χ2v) is 10.7. The topological polar surface area (TPSA) is 0 Å². The SMILES string of the molecule is C=CCC(C)C.C=CCC(C)S.CC.CCCc1ccc(C(C)(C)c2ccc(CCC)cc2)cc1. The highest BCUT2D eigenvalue weighted by atomic mass is 32.1. The maximum Gasteiger partial charge on any atom is 0.0146 e. The van der Waals surface area contributed by atoms with Crippen molar-refractivity contribution in [3.05, 3.63) is 96.1 Å². The van der Waals surface area contributed by atoms with E-state index in [1.54, 1.807) is 0 Å². The van der Waals surface area contributed by atoms with Crippen LogP contribution < -0.4 is 0 Å². The molecule has 0 bridgehead atoms. The highest BCUT2D eigenvalue weighted by Gasteiger charge is 2.22. The van der Waals surface area contributed by atoms with Crippen LogP contribution in [-0.2, 0) is 18.3 Å². The molecule has 0 heterocycles. The molecule has 2 aromatic carbocycles. The van der Waals surface area contributed by atoms with Crippen LogP contribution in [0.25, 0.3) is 0 Å². The van der Waals surface area contributed by atoms with Gasteiger partial charge in [0.05, 0.1) is 0 Å². The number of rotatable bonds is 10. The van der Waals surface area contributed by atoms with Gasteiger partial charge in [0.15, 0.2) is 0 Å². The lowest BCUT2D eigenvalue weighted by Gasteiger charge is -2.26. The molecule has 35 heavy (non-hydrogen) atoms. The summed E-state index contributed by atoms with van der Waals surface area (Å²) in [5.41, 5.74) is 5.73. The van der Waals surface area contributed by atoms with Gasteiger partial charge in [0.25, 0.3) is 0 Å². The summed E-state index contributed by atoms with van der Waals surface area (Å²) in [6, 6.07) is 18.3. The number of hydrogen-bond acceptors (Lipinski definition) is 1. The van der Waals surface area contributed by atoms with Crippen molar-refractivity contribution in [2.24, 2.45) is 5.92 Å². The molecule has 0 fully saturated rings. The fraction of sp³-hybridized carbons (Fsp3) is 0.529. The van der Waals surface area contributed by atoms with E-state index < -0.39 is 0 Å². The van der Waals surface area contributed by atoms with Gasteiger partial charge >= 0.3 is 0 Å². The molecule has 0 N–H and O–H groups in total. The number of allylic oxidation sites excluding steroid dienone is 2. The second kappa shape index (κ2) is 21.5. The summed E-state index contributed by atoms with van der Waals surface area (Å²) >= 11 is 4.11.